The lowest BCUT2D eigenvalue weighted by Gasteiger charge is -2.20. The lowest BCUT2D eigenvalue weighted by Crippen LogP contribution is -2.45. The molecule has 110 valence electrons. The Morgan fingerprint density at radius 3 is 2.90 bits per heavy atom. The van der Waals surface area contributed by atoms with Crippen molar-refractivity contribution < 1.29 is 14.7 Å². The van der Waals surface area contributed by atoms with Crippen LogP contribution in [0.15, 0.2) is 6.20 Å². The summed E-state index contributed by atoms with van der Waals surface area (Å²) in [5.41, 5.74) is 1.43. The van der Waals surface area contributed by atoms with Crippen molar-refractivity contribution in [1.29, 1.82) is 0 Å². The number of carbonyl (C=O) groups is 2. The van der Waals surface area contributed by atoms with Gasteiger partial charge in [0.1, 0.15) is 6.04 Å². The van der Waals surface area contributed by atoms with E-state index in [1.54, 1.807) is 6.20 Å². The van der Waals surface area contributed by atoms with Crippen molar-refractivity contribution in [2.75, 3.05) is 0 Å². The van der Waals surface area contributed by atoms with Crippen molar-refractivity contribution in [2.45, 2.75) is 52.1 Å². The van der Waals surface area contributed by atoms with E-state index < -0.39 is 12.0 Å². The fourth-order valence-corrected chi connectivity index (χ4v) is 2.51. The monoisotopic (exact) mass is 279 g/mol. The van der Waals surface area contributed by atoms with Crippen LogP contribution in [0.1, 0.15) is 49.2 Å². The normalized spacial score (nSPS) is 17.1. The van der Waals surface area contributed by atoms with E-state index in [4.69, 9.17) is 0 Å². The highest BCUT2D eigenvalue weighted by Gasteiger charge is 2.28. The van der Waals surface area contributed by atoms with E-state index in [-0.39, 0.29) is 11.8 Å². The van der Waals surface area contributed by atoms with Crippen molar-refractivity contribution in [3.8, 4) is 0 Å². The molecule has 1 amide bonds. The molecule has 0 aliphatic carbocycles. The Kier molecular flexibility index (Phi) is 4.42. The maximum atomic E-state index is 12.3. The van der Waals surface area contributed by atoms with Crippen LogP contribution in [0.5, 0.6) is 0 Å². The molecule has 2 N–H and O–H groups in total. The first kappa shape index (κ1) is 14.6. The number of aryl methyl sites for hydroxylation is 1. The van der Waals surface area contributed by atoms with Gasteiger partial charge in [-0.25, -0.2) is 4.79 Å². The molecule has 2 heterocycles. The van der Waals surface area contributed by atoms with Crippen molar-refractivity contribution in [1.82, 2.24) is 15.1 Å². The zero-order valence-electron chi connectivity index (χ0n) is 11.9. The van der Waals surface area contributed by atoms with Crippen molar-refractivity contribution in [2.24, 2.45) is 5.92 Å². The molecule has 1 aromatic heterocycles. The molecular formula is C14H21N3O3. The van der Waals surface area contributed by atoms with E-state index in [0.29, 0.717) is 12.0 Å². The first-order valence-electron chi connectivity index (χ1n) is 7.13. The van der Waals surface area contributed by atoms with E-state index in [1.165, 1.54) is 0 Å². The second-order valence-corrected chi connectivity index (χ2v) is 5.36. The number of nitrogens with one attached hydrogen (secondary N) is 1. The summed E-state index contributed by atoms with van der Waals surface area (Å²) < 4.78 is 1.84. The Labute approximate surface area is 118 Å². The average molecular weight is 279 g/mol. The predicted octanol–water partition coefficient (Wildman–Crippen LogP) is 1.45. The number of rotatable bonds is 5. The Balaban J connectivity index is 2.15. The van der Waals surface area contributed by atoms with Gasteiger partial charge in [-0.1, -0.05) is 20.3 Å². The molecule has 0 unspecified atom stereocenters. The van der Waals surface area contributed by atoms with Crippen LogP contribution >= 0.6 is 0 Å². The van der Waals surface area contributed by atoms with Gasteiger partial charge in [-0.15, -0.1) is 0 Å². The van der Waals surface area contributed by atoms with Crippen LogP contribution in [0, 0.1) is 5.92 Å². The van der Waals surface area contributed by atoms with Crippen molar-refractivity contribution in [3.05, 3.63) is 17.5 Å². The molecule has 2 atom stereocenters. The largest absolute Gasteiger partial charge is 0.480 e. The van der Waals surface area contributed by atoms with Gasteiger partial charge < -0.3 is 10.4 Å². The fraction of sp³-hybridized carbons (Fsp3) is 0.643. The quantitative estimate of drug-likeness (QED) is 0.854. The van der Waals surface area contributed by atoms with Crippen LogP contribution in [-0.2, 0) is 17.8 Å². The van der Waals surface area contributed by atoms with Gasteiger partial charge >= 0.3 is 5.97 Å². The SMILES string of the molecule is CC[C@H](C)[C@H](NC(=O)c1cnn2c1CCCC2)C(=O)O. The minimum atomic E-state index is -0.992. The van der Waals surface area contributed by atoms with Gasteiger partial charge in [-0.3, -0.25) is 9.48 Å². The molecule has 0 fully saturated rings. The molecule has 0 saturated carbocycles. The molecule has 6 heteroatoms. The molecule has 0 saturated heterocycles. The highest BCUT2D eigenvalue weighted by molar-refractivity contribution is 5.97. The minimum Gasteiger partial charge on any atom is -0.480 e. The number of aliphatic carboxylic acids is 1. The molecule has 0 radical (unpaired) electrons. The number of nitrogens with zero attached hydrogens (tertiary/aromatic N) is 2. The number of aromatic nitrogens is 2. The molecule has 20 heavy (non-hydrogen) atoms. The predicted molar refractivity (Wildman–Crippen MR) is 73.5 cm³/mol. The number of hydrogen-bond acceptors (Lipinski definition) is 3. The van der Waals surface area contributed by atoms with E-state index in [9.17, 15) is 14.7 Å². The minimum absolute atomic E-state index is 0.108. The number of fused-ring (bicyclic) bond motifs is 1. The number of carboxylic acids is 1. The summed E-state index contributed by atoms with van der Waals surface area (Å²) in [4.78, 5) is 23.5. The smallest absolute Gasteiger partial charge is 0.326 e. The summed E-state index contributed by atoms with van der Waals surface area (Å²) in [5, 5.41) is 16.1. The van der Waals surface area contributed by atoms with E-state index in [1.807, 2.05) is 18.5 Å². The van der Waals surface area contributed by atoms with E-state index in [0.717, 1.165) is 31.5 Å². The summed E-state index contributed by atoms with van der Waals surface area (Å²) in [6, 6.07) is -0.855. The second kappa shape index (κ2) is 6.07. The summed E-state index contributed by atoms with van der Waals surface area (Å²) in [6.07, 6.45) is 5.18. The number of carboxylic acid groups (broad SMARTS) is 1. The third-order valence-corrected chi connectivity index (χ3v) is 3.99. The summed E-state index contributed by atoms with van der Waals surface area (Å²) in [7, 11) is 0. The first-order chi connectivity index (χ1) is 9.54. The molecule has 1 aliphatic rings. The van der Waals surface area contributed by atoms with Gasteiger partial charge in [-0.2, -0.15) is 5.10 Å². The Morgan fingerprint density at radius 2 is 2.25 bits per heavy atom. The van der Waals surface area contributed by atoms with E-state index >= 15 is 0 Å². The number of hydrogen-bond donors (Lipinski definition) is 2. The zero-order chi connectivity index (χ0) is 14.7. The summed E-state index contributed by atoms with van der Waals surface area (Å²) in [6.45, 7) is 4.57. The molecule has 1 aromatic rings. The lowest BCUT2D eigenvalue weighted by atomic mass is 9.98. The highest BCUT2D eigenvalue weighted by Crippen LogP contribution is 2.18. The third kappa shape index (κ3) is 2.84. The lowest BCUT2D eigenvalue weighted by molar-refractivity contribution is -0.140. The van der Waals surface area contributed by atoms with Gasteiger partial charge in [0, 0.05) is 6.54 Å². The molecule has 6 nitrogen and oxygen atoms in total. The third-order valence-electron chi connectivity index (χ3n) is 3.99. The Bertz CT molecular complexity index is 510. The Hall–Kier alpha value is -1.85. The first-order valence-corrected chi connectivity index (χ1v) is 7.13. The number of carbonyl (C=O) groups excluding carboxylic acids is 1. The molecule has 0 aromatic carbocycles. The van der Waals surface area contributed by atoms with Crippen LogP contribution < -0.4 is 5.32 Å². The Morgan fingerprint density at radius 1 is 1.50 bits per heavy atom. The average Bonchev–Trinajstić information content (AvgIpc) is 2.87. The van der Waals surface area contributed by atoms with Gasteiger partial charge in [0.15, 0.2) is 0 Å². The van der Waals surface area contributed by atoms with Gasteiger partial charge in [-0.05, 0) is 25.2 Å². The van der Waals surface area contributed by atoms with Crippen LogP contribution in [0.25, 0.3) is 0 Å². The van der Waals surface area contributed by atoms with Crippen LogP contribution in [0.4, 0.5) is 0 Å². The van der Waals surface area contributed by atoms with Gasteiger partial charge in [0.2, 0.25) is 0 Å². The van der Waals surface area contributed by atoms with Crippen LogP contribution in [-0.4, -0.2) is 32.8 Å². The molecule has 0 bridgehead atoms. The summed E-state index contributed by atoms with van der Waals surface area (Å²) in [5.74, 6) is -1.43. The van der Waals surface area contributed by atoms with Crippen LogP contribution in [0.3, 0.4) is 0 Å². The maximum Gasteiger partial charge on any atom is 0.326 e. The standard InChI is InChI=1S/C14H21N3O3/c1-3-9(2)12(14(19)20)16-13(18)10-8-15-17-7-5-4-6-11(10)17/h8-9,12H,3-7H2,1-2H3,(H,16,18)(H,19,20)/t9-,12-/m0/s1. The molecule has 1 aliphatic heterocycles. The maximum absolute atomic E-state index is 12.3. The zero-order valence-corrected chi connectivity index (χ0v) is 11.9. The second-order valence-electron chi connectivity index (χ2n) is 5.36. The fourth-order valence-electron chi connectivity index (χ4n) is 2.51. The van der Waals surface area contributed by atoms with Gasteiger partial charge in [0.05, 0.1) is 17.5 Å². The van der Waals surface area contributed by atoms with Crippen LogP contribution in [0.2, 0.25) is 0 Å². The van der Waals surface area contributed by atoms with Gasteiger partial charge in [0.25, 0.3) is 5.91 Å². The summed E-state index contributed by atoms with van der Waals surface area (Å²) >= 11 is 0. The van der Waals surface area contributed by atoms with Crippen molar-refractivity contribution >= 4 is 11.9 Å². The van der Waals surface area contributed by atoms with Crippen molar-refractivity contribution in [3.63, 3.8) is 0 Å². The molecule has 0 spiro atoms. The molecule has 2 rings (SSSR count). The number of amides is 1. The topological polar surface area (TPSA) is 84.2 Å². The van der Waals surface area contributed by atoms with E-state index in [2.05, 4.69) is 10.4 Å². The molecular weight excluding hydrogens is 258 g/mol. The highest BCUT2D eigenvalue weighted by atomic mass is 16.4.